The maximum Gasteiger partial charge on any atom is 0.269 e. The molecule has 2 aliphatic heterocycles. The Morgan fingerprint density at radius 1 is 1.05 bits per heavy atom. The van der Waals surface area contributed by atoms with Crippen molar-refractivity contribution in [2.75, 3.05) is 44.7 Å². The number of fused-ring (bicyclic) bond motifs is 2. The highest BCUT2D eigenvalue weighted by Gasteiger charge is 2.55. The van der Waals surface area contributed by atoms with E-state index in [1.807, 2.05) is 0 Å². The minimum atomic E-state index is -1.38. The molecule has 0 saturated carbocycles. The lowest BCUT2D eigenvalue weighted by Gasteiger charge is -2.49. The van der Waals surface area contributed by atoms with Crippen molar-refractivity contribution in [2.45, 2.75) is 5.54 Å². The first kappa shape index (κ1) is 15.3. The van der Waals surface area contributed by atoms with Gasteiger partial charge in [-0.05, 0) is 0 Å². The van der Waals surface area contributed by atoms with E-state index in [1.165, 1.54) is 9.80 Å². The summed E-state index contributed by atoms with van der Waals surface area (Å²) in [4.78, 5) is 38.8. The van der Waals surface area contributed by atoms with Crippen LogP contribution in [0.4, 0.5) is 0 Å². The lowest BCUT2D eigenvalue weighted by atomic mass is 9.93. The van der Waals surface area contributed by atoms with E-state index in [9.17, 15) is 19.7 Å². The third-order valence-electron chi connectivity index (χ3n) is 3.55. The van der Waals surface area contributed by atoms with Gasteiger partial charge < -0.3 is 9.80 Å². The van der Waals surface area contributed by atoms with Crippen molar-refractivity contribution in [3.8, 4) is 0 Å². The van der Waals surface area contributed by atoms with Crippen LogP contribution in [0.15, 0.2) is 0 Å². The summed E-state index contributed by atoms with van der Waals surface area (Å²) in [6.45, 7) is 0.570. The molecule has 2 amide bonds. The molecule has 0 unspecified atom stereocenters. The molecule has 0 aliphatic carbocycles. The molecule has 112 valence electrons. The van der Waals surface area contributed by atoms with E-state index in [0.717, 1.165) is 0 Å². The van der Waals surface area contributed by atoms with Gasteiger partial charge in [-0.25, -0.2) is 0 Å². The van der Waals surface area contributed by atoms with Crippen LogP contribution < -0.4 is 0 Å². The molecule has 2 heterocycles. The molecule has 8 nitrogen and oxygen atoms in total. The molecule has 2 saturated heterocycles. The summed E-state index contributed by atoms with van der Waals surface area (Å²) in [5, 5.41) is 11.4. The summed E-state index contributed by atoms with van der Waals surface area (Å²) in [5.74, 6) is -1.13. The number of carbonyl (C=O) groups is 2. The van der Waals surface area contributed by atoms with Crippen molar-refractivity contribution in [3.63, 3.8) is 0 Å². The van der Waals surface area contributed by atoms with Gasteiger partial charge in [0.1, 0.15) is 11.8 Å². The minimum absolute atomic E-state index is 0.0475. The standard InChI is InChI=1S/C10H14Cl2N4O4/c11-1-8(17)14-4-10(16(19)20)3-13(6-14)7-15(5-10)9(18)2-12/h1-7H2. The van der Waals surface area contributed by atoms with E-state index in [-0.39, 0.29) is 56.5 Å². The molecule has 0 aromatic carbocycles. The van der Waals surface area contributed by atoms with E-state index in [0.29, 0.717) is 0 Å². The molecular weight excluding hydrogens is 311 g/mol. The highest BCUT2D eigenvalue weighted by molar-refractivity contribution is 6.27. The number of alkyl halides is 2. The van der Waals surface area contributed by atoms with E-state index < -0.39 is 10.5 Å². The summed E-state index contributed by atoms with van der Waals surface area (Å²) in [5.41, 5.74) is -1.38. The van der Waals surface area contributed by atoms with Crippen molar-refractivity contribution < 1.29 is 14.5 Å². The Labute approximate surface area is 125 Å². The molecule has 0 atom stereocenters. The Morgan fingerprint density at radius 2 is 1.50 bits per heavy atom. The van der Waals surface area contributed by atoms with Gasteiger partial charge in [-0.3, -0.25) is 24.6 Å². The van der Waals surface area contributed by atoms with Crippen LogP contribution in [0.25, 0.3) is 0 Å². The van der Waals surface area contributed by atoms with Gasteiger partial charge in [0.15, 0.2) is 0 Å². The van der Waals surface area contributed by atoms with Crippen LogP contribution in [0, 0.1) is 10.1 Å². The average molecular weight is 325 g/mol. The third kappa shape index (κ3) is 2.68. The highest BCUT2D eigenvalue weighted by atomic mass is 35.5. The predicted molar refractivity (Wildman–Crippen MR) is 71.0 cm³/mol. The van der Waals surface area contributed by atoms with Crippen LogP contribution >= 0.6 is 23.2 Å². The lowest BCUT2D eigenvalue weighted by molar-refractivity contribution is -0.579. The zero-order valence-electron chi connectivity index (χ0n) is 10.6. The van der Waals surface area contributed by atoms with E-state index in [4.69, 9.17) is 23.2 Å². The van der Waals surface area contributed by atoms with Gasteiger partial charge in [0.05, 0.1) is 33.0 Å². The molecule has 2 aliphatic rings. The molecule has 0 N–H and O–H groups in total. The Hall–Kier alpha value is -1.12. The third-order valence-corrected chi connectivity index (χ3v) is 4.01. The molecule has 0 radical (unpaired) electrons. The number of hydrogen-bond donors (Lipinski definition) is 0. The van der Waals surface area contributed by atoms with E-state index >= 15 is 0 Å². The molecule has 0 aromatic rings. The fourth-order valence-electron chi connectivity index (χ4n) is 2.68. The topological polar surface area (TPSA) is 87.0 Å². The zero-order chi connectivity index (χ0) is 14.9. The average Bonchev–Trinajstić information content (AvgIpc) is 2.44. The molecule has 0 aromatic heterocycles. The predicted octanol–water partition coefficient (Wildman–Crippen LogP) is -0.619. The van der Waals surface area contributed by atoms with Gasteiger partial charge in [0.25, 0.3) is 5.54 Å². The second kappa shape index (κ2) is 5.71. The van der Waals surface area contributed by atoms with Crippen molar-refractivity contribution in [1.29, 1.82) is 0 Å². The van der Waals surface area contributed by atoms with Gasteiger partial charge in [-0.1, -0.05) is 0 Å². The second-order valence-corrected chi connectivity index (χ2v) is 5.58. The summed E-state index contributed by atoms with van der Waals surface area (Å²) in [7, 11) is 0. The Kier molecular flexibility index (Phi) is 4.36. The quantitative estimate of drug-likeness (QED) is 0.392. The van der Waals surface area contributed by atoms with Gasteiger partial charge in [0.2, 0.25) is 11.8 Å². The fraction of sp³-hybridized carbons (Fsp3) is 0.800. The number of nitrogens with zero attached hydrogens (tertiary/aromatic N) is 4. The maximum atomic E-state index is 11.7. The van der Waals surface area contributed by atoms with Crippen LogP contribution in [0.3, 0.4) is 0 Å². The van der Waals surface area contributed by atoms with E-state index in [2.05, 4.69) is 0 Å². The van der Waals surface area contributed by atoms with Gasteiger partial charge >= 0.3 is 0 Å². The van der Waals surface area contributed by atoms with Crippen LogP contribution in [0.2, 0.25) is 0 Å². The first-order valence-corrected chi connectivity index (χ1v) is 7.03. The SMILES string of the molecule is O=C(CCl)N1CN2CN(C(=O)CCl)CC([N+](=O)[O-])(C2)C1. The fourth-order valence-corrected chi connectivity index (χ4v) is 3.02. The molecule has 2 rings (SSSR count). The first-order valence-electron chi connectivity index (χ1n) is 5.96. The Balaban J connectivity index is 2.24. The summed E-state index contributed by atoms with van der Waals surface area (Å²) < 4.78 is 0. The normalized spacial score (nSPS) is 29.2. The molecule has 2 fully saturated rings. The van der Waals surface area contributed by atoms with Crippen LogP contribution in [-0.2, 0) is 9.59 Å². The lowest BCUT2D eigenvalue weighted by Crippen LogP contribution is -2.73. The Morgan fingerprint density at radius 3 is 1.85 bits per heavy atom. The van der Waals surface area contributed by atoms with Crippen molar-refractivity contribution in [2.24, 2.45) is 0 Å². The van der Waals surface area contributed by atoms with Crippen molar-refractivity contribution in [1.82, 2.24) is 14.7 Å². The number of halogens is 2. The largest absolute Gasteiger partial charge is 0.321 e. The number of rotatable bonds is 3. The van der Waals surface area contributed by atoms with Crippen LogP contribution in [0.5, 0.6) is 0 Å². The number of amides is 2. The van der Waals surface area contributed by atoms with Gasteiger partial charge in [-0.2, -0.15) is 0 Å². The second-order valence-electron chi connectivity index (χ2n) is 5.04. The van der Waals surface area contributed by atoms with Crippen molar-refractivity contribution in [3.05, 3.63) is 10.1 Å². The molecule has 2 bridgehead atoms. The Bertz CT molecular complexity index is 419. The first-order chi connectivity index (χ1) is 9.41. The van der Waals surface area contributed by atoms with Gasteiger partial charge in [0, 0.05) is 4.92 Å². The number of carbonyl (C=O) groups excluding carboxylic acids is 2. The number of nitro groups is 1. The zero-order valence-corrected chi connectivity index (χ0v) is 12.1. The molecule has 10 heteroatoms. The monoisotopic (exact) mass is 324 g/mol. The molecule has 0 spiro atoms. The molecule has 20 heavy (non-hydrogen) atoms. The highest BCUT2D eigenvalue weighted by Crippen LogP contribution is 2.26. The minimum Gasteiger partial charge on any atom is -0.321 e. The maximum absolute atomic E-state index is 11.7. The van der Waals surface area contributed by atoms with Gasteiger partial charge in [-0.15, -0.1) is 23.2 Å². The molecular formula is C10H14Cl2N4O4. The summed E-state index contributed by atoms with van der Waals surface area (Å²) in [6, 6.07) is 0. The smallest absolute Gasteiger partial charge is 0.269 e. The van der Waals surface area contributed by atoms with Crippen molar-refractivity contribution >= 4 is 35.0 Å². The van der Waals surface area contributed by atoms with E-state index in [1.54, 1.807) is 4.90 Å². The summed E-state index contributed by atoms with van der Waals surface area (Å²) >= 11 is 11.0. The summed E-state index contributed by atoms with van der Waals surface area (Å²) in [6.07, 6.45) is 0. The van der Waals surface area contributed by atoms with Crippen LogP contribution in [0.1, 0.15) is 0 Å². The van der Waals surface area contributed by atoms with Crippen LogP contribution in [-0.4, -0.2) is 81.7 Å². The number of hydrogen-bond acceptors (Lipinski definition) is 5.